The van der Waals surface area contributed by atoms with Gasteiger partial charge in [0.15, 0.2) is 9.84 Å². The lowest BCUT2D eigenvalue weighted by Crippen LogP contribution is -2.46. The maximum absolute atomic E-state index is 12.2. The molecule has 20 heavy (non-hydrogen) atoms. The molecular formula is C13H18N2O4S. The normalized spacial score (nSPS) is 19.7. The van der Waals surface area contributed by atoms with E-state index in [1.165, 1.54) is 6.07 Å². The van der Waals surface area contributed by atoms with Gasteiger partial charge in [-0.15, -0.1) is 0 Å². The fourth-order valence-corrected chi connectivity index (χ4v) is 2.93. The Kier molecular flexibility index (Phi) is 4.29. The lowest BCUT2D eigenvalue weighted by molar-refractivity contribution is -0.00139. The number of benzene rings is 1. The first-order chi connectivity index (χ1) is 9.38. The van der Waals surface area contributed by atoms with E-state index in [0.29, 0.717) is 25.4 Å². The van der Waals surface area contributed by atoms with Crippen LogP contribution >= 0.6 is 0 Å². The highest BCUT2D eigenvalue weighted by Crippen LogP contribution is 2.21. The number of carbonyl (C=O) groups is 1. The maximum atomic E-state index is 12.2. The number of urea groups is 1. The summed E-state index contributed by atoms with van der Waals surface area (Å²) in [6.45, 7) is 3.37. The minimum Gasteiger partial charge on any atom is -0.375 e. The van der Waals surface area contributed by atoms with Gasteiger partial charge in [0.25, 0.3) is 0 Å². The SMILES string of the molecule is CC1CN(C(=O)Nc2ccccc2S(C)(=O)=O)CCO1. The molecule has 1 fully saturated rings. The molecule has 0 spiro atoms. The van der Waals surface area contributed by atoms with Crippen molar-refractivity contribution in [1.82, 2.24) is 4.90 Å². The number of anilines is 1. The molecule has 7 heteroatoms. The van der Waals surface area contributed by atoms with Crippen LogP contribution in [0.15, 0.2) is 29.2 Å². The molecule has 1 N–H and O–H groups in total. The molecule has 6 nitrogen and oxygen atoms in total. The van der Waals surface area contributed by atoms with E-state index in [1.807, 2.05) is 6.92 Å². The molecule has 2 amide bonds. The Bertz CT molecular complexity index is 600. The number of nitrogens with one attached hydrogen (secondary N) is 1. The van der Waals surface area contributed by atoms with E-state index in [1.54, 1.807) is 23.1 Å². The second-order valence-electron chi connectivity index (χ2n) is 4.83. The van der Waals surface area contributed by atoms with E-state index in [9.17, 15) is 13.2 Å². The van der Waals surface area contributed by atoms with E-state index < -0.39 is 9.84 Å². The van der Waals surface area contributed by atoms with Crippen LogP contribution in [0.25, 0.3) is 0 Å². The van der Waals surface area contributed by atoms with Gasteiger partial charge in [0.2, 0.25) is 0 Å². The molecule has 1 unspecified atom stereocenters. The number of hydrogen-bond donors (Lipinski definition) is 1. The molecule has 1 saturated heterocycles. The number of rotatable bonds is 2. The number of para-hydroxylation sites is 1. The summed E-state index contributed by atoms with van der Waals surface area (Å²) in [4.78, 5) is 13.9. The Morgan fingerprint density at radius 1 is 1.40 bits per heavy atom. The third-order valence-electron chi connectivity index (χ3n) is 3.06. The summed E-state index contributed by atoms with van der Waals surface area (Å²) in [6.07, 6.45) is 1.11. The summed E-state index contributed by atoms with van der Waals surface area (Å²) in [5.74, 6) is 0. The summed E-state index contributed by atoms with van der Waals surface area (Å²) >= 11 is 0. The van der Waals surface area contributed by atoms with Crippen LogP contribution < -0.4 is 5.32 Å². The molecule has 1 aliphatic rings. The standard InChI is InChI=1S/C13H18N2O4S/c1-10-9-15(7-8-19-10)13(16)14-11-5-3-4-6-12(11)20(2,17)18/h3-6,10H,7-9H2,1-2H3,(H,14,16). The number of hydrogen-bond acceptors (Lipinski definition) is 4. The van der Waals surface area contributed by atoms with Gasteiger partial charge in [-0.1, -0.05) is 12.1 Å². The first-order valence-electron chi connectivity index (χ1n) is 6.34. The molecule has 1 aliphatic heterocycles. The van der Waals surface area contributed by atoms with Crippen molar-refractivity contribution in [3.63, 3.8) is 0 Å². The van der Waals surface area contributed by atoms with E-state index in [0.717, 1.165) is 6.26 Å². The van der Waals surface area contributed by atoms with Crippen LogP contribution in [0.3, 0.4) is 0 Å². The lowest BCUT2D eigenvalue weighted by Gasteiger charge is -2.31. The van der Waals surface area contributed by atoms with Gasteiger partial charge in [-0.25, -0.2) is 13.2 Å². The van der Waals surface area contributed by atoms with Crippen LogP contribution in [0.1, 0.15) is 6.92 Å². The number of nitrogens with zero attached hydrogens (tertiary/aromatic N) is 1. The number of sulfone groups is 1. The van der Waals surface area contributed by atoms with Crippen molar-refractivity contribution in [3.8, 4) is 0 Å². The van der Waals surface area contributed by atoms with E-state index in [4.69, 9.17) is 4.74 Å². The predicted molar refractivity (Wildman–Crippen MR) is 75.6 cm³/mol. The van der Waals surface area contributed by atoms with Crippen molar-refractivity contribution >= 4 is 21.6 Å². The third kappa shape index (κ3) is 3.49. The molecule has 0 aliphatic carbocycles. The summed E-state index contributed by atoms with van der Waals surface area (Å²) in [7, 11) is -3.38. The van der Waals surface area contributed by atoms with Crippen molar-refractivity contribution in [2.24, 2.45) is 0 Å². The zero-order valence-corrected chi connectivity index (χ0v) is 12.3. The highest BCUT2D eigenvalue weighted by atomic mass is 32.2. The van der Waals surface area contributed by atoms with Gasteiger partial charge in [-0.05, 0) is 19.1 Å². The van der Waals surface area contributed by atoms with Crippen molar-refractivity contribution in [3.05, 3.63) is 24.3 Å². The van der Waals surface area contributed by atoms with Gasteiger partial charge >= 0.3 is 6.03 Å². The average Bonchev–Trinajstić information content (AvgIpc) is 2.38. The predicted octanol–water partition coefficient (Wildman–Crippen LogP) is 1.34. The average molecular weight is 298 g/mol. The maximum Gasteiger partial charge on any atom is 0.322 e. The number of morpholine rings is 1. The monoisotopic (exact) mass is 298 g/mol. The first kappa shape index (κ1) is 14.8. The topological polar surface area (TPSA) is 75.7 Å². The van der Waals surface area contributed by atoms with E-state index in [2.05, 4.69) is 5.32 Å². The molecule has 1 aromatic rings. The highest BCUT2D eigenvalue weighted by molar-refractivity contribution is 7.90. The Labute approximate surface area is 118 Å². The molecule has 0 saturated carbocycles. The molecule has 110 valence electrons. The molecule has 2 rings (SSSR count). The summed E-state index contributed by atoms with van der Waals surface area (Å²) in [5, 5.41) is 2.66. The lowest BCUT2D eigenvalue weighted by atomic mass is 10.3. The van der Waals surface area contributed by atoms with Crippen molar-refractivity contribution < 1.29 is 17.9 Å². The number of carbonyl (C=O) groups excluding carboxylic acids is 1. The Hall–Kier alpha value is -1.60. The van der Waals surface area contributed by atoms with Crippen molar-refractivity contribution in [2.45, 2.75) is 17.9 Å². The van der Waals surface area contributed by atoms with Gasteiger partial charge in [0, 0.05) is 19.3 Å². The van der Waals surface area contributed by atoms with E-state index >= 15 is 0 Å². The molecular weight excluding hydrogens is 280 g/mol. The van der Waals surface area contributed by atoms with Crippen molar-refractivity contribution in [1.29, 1.82) is 0 Å². The van der Waals surface area contributed by atoms with Crippen LogP contribution in [-0.4, -0.2) is 51.4 Å². The van der Waals surface area contributed by atoms with Gasteiger partial charge in [-0.2, -0.15) is 0 Å². The van der Waals surface area contributed by atoms with Crippen LogP contribution in [-0.2, 0) is 14.6 Å². The molecule has 0 bridgehead atoms. The highest BCUT2D eigenvalue weighted by Gasteiger charge is 2.23. The zero-order chi connectivity index (χ0) is 14.8. The van der Waals surface area contributed by atoms with Crippen LogP contribution in [0, 0.1) is 0 Å². The fraction of sp³-hybridized carbons (Fsp3) is 0.462. The van der Waals surface area contributed by atoms with Gasteiger partial charge in [-0.3, -0.25) is 0 Å². The fourth-order valence-electron chi connectivity index (χ4n) is 2.09. The molecule has 0 aromatic heterocycles. The molecule has 1 heterocycles. The van der Waals surface area contributed by atoms with Gasteiger partial charge < -0.3 is 15.0 Å². The van der Waals surface area contributed by atoms with Crippen LogP contribution in [0.2, 0.25) is 0 Å². The first-order valence-corrected chi connectivity index (χ1v) is 8.23. The second kappa shape index (κ2) is 5.80. The van der Waals surface area contributed by atoms with Crippen LogP contribution in [0.4, 0.5) is 10.5 Å². The summed E-state index contributed by atoms with van der Waals surface area (Å²) in [6, 6.07) is 6.07. The molecule has 1 aromatic carbocycles. The Morgan fingerprint density at radius 3 is 2.75 bits per heavy atom. The number of amides is 2. The second-order valence-corrected chi connectivity index (χ2v) is 6.81. The minimum absolute atomic E-state index is 0.0142. The summed E-state index contributed by atoms with van der Waals surface area (Å²) < 4.78 is 28.7. The quantitative estimate of drug-likeness (QED) is 0.894. The van der Waals surface area contributed by atoms with Gasteiger partial charge in [0.1, 0.15) is 0 Å². The van der Waals surface area contributed by atoms with Crippen molar-refractivity contribution in [2.75, 3.05) is 31.3 Å². The van der Waals surface area contributed by atoms with Gasteiger partial charge in [0.05, 0.1) is 23.3 Å². The Morgan fingerprint density at radius 2 is 2.10 bits per heavy atom. The molecule has 1 atom stereocenters. The zero-order valence-electron chi connectivity index (χ0n) is 11.5. The number of ether oxygens (including phenoxy) is 1. The largest absolute Gasteiger partial charge is 0.375 e. The third-order valence-corrected chi connectivity index (χ3v) is 4.21. The van der Waals surface area contributed by atoms with E-state index in [-0.39, 0.29) is 17.0 Å². The summed E-state index contributed by atoms with van der Waals surface area (Å²) in [5.41, 5.74) is 0.305. The van der Waals surface area contributed by atoms with Crippen LogP contribution in [0.5, 0.6) is 0 Å². The Balaban J connectivity index is 2.16. The minimum atomic E-state index is -3.38. The smallest absolute Gasteiger partial charge is 0.322 e. The molecule has 0 radical (unpaired) electrons.